The van der Waals surface area contributed by atoms with Crippen LogP contribution in [0.1, 0.15) is 0 Å². The zero-order valence-electron chi connectivity index (χ0n) is 17.3. The fraction of sp³-hybridized carbons (Fsp3) is 0. The van der Waals surface area contributed by atoms with Crippen molar-refractivity contribution in [2.45, 2.75) is 0 Å². The zero-order valence-corrected chi connectivity index (χ0v) is 17.3. The van der Waals surface area contributed by atoms with Gasteiger partial charge in [0.05, 0.1) is 0 Å². The molecule has 3 nitrogen and oxygen atoms in total. The first-order valence-corrected chi connectivity index (χ1v) is 10.6. The normalized spacial score (nSPS) is 11.1. The summed E-state index contributed by atoms with van der Waals surface area (Å²) in [5, 5.41) is 5.93. The topological polar surface area (TPSA) is 38.1 Å². The van der Waals surface area contributed by atoms with Gasteiger partial charge in [0.15, 0.2) is 5.58 Å². The molecule has 3 heteroatoms. The molecular formula is C29H20N2O. The molecule has 32 heavy (non-hydrogen) atoms. The Morgan fingerprint density at radius 1 is 0.531 bits per heavy atom. The SMILES string of the molecule is c1ccc(-c2ccc3cc(Nc4ccc(-c5nc6ccccc6o5)cc4)ccc3c2)cc1. The molecule has 0 atom stereocenters. The molecule has 1 aromatic heterocycles. The molecule has 0 spiro atoms. The minimum atomic E-state index is 0.637. The van der Waals surface area contributed by atoms with Gasteiger partial charge in [-0.3, -0.25) is 0 Å². The number of oxazole rings is 1. The molecule has 0 amide bonds. The van der Waals surface area contributed by atoms with Crippen LogP contribution in [0.2, 0.25) is 0 Å². The molecule has 0 fully saturated rings. The number of aromatic nitrogens is 1. The Hall–Kier alpha value is -4.37. The highest BCUT2D eigenvalue weighted by Gasteiger charge is 2.08. The molecular weight excluding hydrogens is 392 g/mol. The summed E-state index contributed by atoms with van der Waals surface area (Å²) in [6.45, 7) is 0. The maximum atomic E-state index is 5.87. The average molecular weight is 412 g/mol. The van der Waals surface area contributed by atoms with E-state index in [2.05, 4.69) is 71.0 Å². The minimum Gasteiger partial charge on any atom is -0.436 e. The second-order valence-corrected chi connectivity index (χ2v) is 7.83. The van der Waals surface area contributed by atoms with E-state index in [9.17, 15) is 0 Å². The number of hydrogen-bond donors (Lipinski definition) is 1. The molecule has 0 aliphatic carbocycles. The maximum Gasteiger partial charge on any atom is 0.227 e. The Balaban J connectivity index is 1.24. The van der Waals surface area contributed by atoms with Crippen LogP contribution in [0.4, 0.5) is 11.4 Å². The monoisotopic (exact) mass is 412 g/mol. The summed E-state index contributed by atoms with van der Waals surface area (Å²) in [5.74, 6) is 0.637. The van der Waals surface area contributed by atoms with Crippen molar-refractivity contribution in [1.82, 2.24) is 4.98 Å². The van der Waals surface area contributed by atoms with Crippen molar-refractivity contribution in [3.8, 4) is 22.6 Å². The van der Waals surface area contributed by atoms with Crippen molar-refractivity contribution in [3.05, 3.63) is 115 Å². The molecule has 0 aliphatic rings. The summed E-state index contributed by atoms with van der Waals surface area (Å²) in [6.07, 6.45) is 0. The van der Waals surface area contributed by atoms with Gasteiger partial charge in [-0.05, 0) is 76.5 Å². The van der Waals surface area contributed by atoms with Gasteiger partial charge in [-0.25, -0.2) is 4.98 Å². The zero-order chi connectivity index (χ0) is 21.3. The van der Waals surface area contributed by atoms with Crippen LogP contribution in [-0.4, -0.2) is 4.98 Å². The quantitative estimate of drug-likeness (QED) is 0.318. The molecule has 0 saturated carbocycles. The van der Waals surface area contributed by atoms with Gasteiger partial charge in [-0.2, -0.15) is 0 Å². The van der Waals surface area contributed by atoms with Gasteiger partial charge in [0.2, 0.25) is 5.89 Å². The third-order valence-electron chi connectivity index (χ3n) is 5.66. The Morgan fingerprint density at radius 2 is 1.22 bits per heavy atom. The van der Waals surface area contributed by atoms with E-state index in [0.717, 1.165) is 28.0 Å². The Kier molecular flexibility index (Phi) is 4.43. The van der Waals surface area contributed by atoms with Gasteiger partial charge in [-0.1, -0.05) is 60.7 Å². The number of anilines is 2. The van der Waals surface area contributed by atoms with Crippen LogP contribution in [0.15, 0.2) is 120 Å². The first-order valence-electron chi connectivity index (χ1n) is 10.6. The number of rotatable bonds is 4. The summed E-state index contributed by atoms with van der Waals surface area (Å²) in [6, 6.07) is 39.5. The summed E-state index contributed by atoms with van der Waals surface area (Å²) in [7, 11) is 0. The number of nitrogens with zero attached hydrogens (tertiary/aromatic N) is 1. The van der Waals surface area contributed by atoms with Gasteiger partial charge in [0.1, 0.15) is 5.52 Å². The van der Waals surface area contributed by atoms with E-state index in [1.54, 1.807) is 0 Å². The van der Waals surface area contributed by atoms with Crippen molar-refractivity contribution in [1.29, 1.82) is 0 Å². The van der Waals surface area contributed by atoms with Crippen LogP contribution >= 0.6 is 0 Å². The van der Waals surface area contributed by atoms with Gasteiger partial charge in [0.25, 0.3) is 0 Å². The first-order chi connectivity index (χ1) is 15.8. The summed E-state index contributed by atoms with van der Waals surface area (Å²) >= 11 is 0. The van der Waals surface area contributed by atoms with Crippen LogP contribution in [0.3, 0.4) is 0 Å². The van der Waals surface area contributed by atoms with Crippen molar-refractivity contribution >= 4 is 33.2 Å². The lowest BCUT2D eigenvalue weighted by Gasteiger charge is -2.09. The van der Waals surface area contributed by atoms with Crippen LogP contribution in [0, 0.1) is 0 Å². The van der Waals surface area contributed by atoms with Gasteiger partial charge in [0, 0.05) is 16.9 Å². The highest BCUT2D eigenvalue weighted by atomic mass is 16.3. The van der Waals surface area contributed by atoms with E-state index in [0.29, 0.717) is 5.89 Å². The summed E-state index contributed by atoms with van der Waals surface area (Å²) < 4.78 is 5.87. The van der Waals surface area contributed by atoms with E-state index >= 15 is 0 Å². The second kappa shape index (κ2) is 7.71. The van der Waals surface area contributed by atoms with Gasteiger partial charge >= 0.3 is 0 Å². The summed E-state index contributed by atoms with van der Waals surface area (Å²) in [4.78, 5) is 4.57. The van der Waals surface area contributed by atoms with Crippen molar-refractivity contribution in [2.75, 3.05) is 5.32 Å². The van der Waals surface area contributed by atoms with E-state index in [-0.39, 0.29) is 0 Å². The minimum absolute atomic E-state index is 0.637. The van der Waals surface area contributed by atoms with Crippen molar-refractivity contribution < 1.29 is 4.42 Å². The number of para-hydroxylation sites is 2. The van der Waals surface area contributed by atoms with Crippen molar-refractivity contribution in [2.24, 2.45) is 0 Å². The Morgan fingerprint density at radius 3 is 2.06 bits per heavy atom. The number of hydrogen-bond acceptors (Lipinski definition) is 3. The largest absolute Gasteiger partial charge is 0.436 e. The van der Waals surface area contributed by atoms with Gasteiger partial charge in [-0.15, -0.1) is 0 Å². The first kappa shape index (κ1) is 18.4. The Bertz CT molecular complexity index is 1500. The standard InChI is InChI=1S/C29H20N2O/c1-2-6-20(7-3-1)22-10-11-24-19-26(17-14-23(24)18-22)30-25-15-12-21(13-16-25)29-31-27-8-4-5-9-28(27)32-29/h1-19,30H. The fourth-order valence-electron chi connectivity index (χ4n) is 3.99. The lowest BCUT2D eigenvalue weighted by atomic mass is 10.0. The third kappa shape index (κ3) is 3.50. The molecule has 0 unspecified atom stereocenters. The highest BCUT2D eigenvalue weighted by molar-refractivity contribution is 5.90. The number of fused-ring (bicyclic) bond motifs is 2. The predicted octanol–water partition coefficient (Wildman–Crippen LogP) is 8.06. The van der Waals surface area contributed by atoms with Gasteiger partial charge < -0.3 is 9.73 Å². The van der Waals surface area contributed by atoms with Crippen molar-refractivity contribution in [3.63, 3.8) is 0 Å². The van der Waals surface area contributed by atoms with Crippen LogP contribution in [0.25, 0.3) is 44.5 Å². The fourth-order valence-corrected chi connectivity index (χ4v) is 3.99. The van der Waals surface area contributed by atoms with Crippen LogP contribution in [-0.2, 0) is 0 Å². The average Bonchev–Trinajstić information content (AvgIpc) is 3.29. The lowest BCUT2D eigenvalue weighted by Crippen LogP contribution is -1.90. The molecule has 0 radical (unpaired) electrons. The molecule has 1 heterocycles. The molecule has 6 rings (SSSR count). The summed E-state index contributed by atoms with van der Waals surface area (Å²) in [5.41, 5.74) is 7.17. The second-order valence-electron chi connectivity index (χ2n) is 7.83. The van der Waals surface area contributed by atoms with Crippen LogP contribution < -0.4 is 5.32 Å². The smallest absolute Gasteiger partial charge is 0.227 e. The third-order valence-corrected chi connectivity index (χ3v) is 5.66. The molecule has 152 valence electrons. The van der Waals surface area contributed by atoms with E-state index in [1.165, 1.54) is 21.9 Å². The molecule has 5 aromatic carbocycles. The van der Waals surface area contributed by atoms with E-state index in [4.69, 9.17) is 4.42 Å². The number of nitrogens with one attached hydrogen (secondary N) is 1. The Labute approximate surface area is 186 Å². The molecule has 6 aromatic rings. The van der Waals surface area contributed by atoms with E-state index < -0.39 is 0 Å². The predicted molar refractivity (Wildman–Crippen MR) is 132 cm³/mol. The molecule has 0 aliphatic heterocycles. The number of benzene rings is 5. The molecule has 1 N–H and O–H groups in total. The molecule has 0 bridgehead atoms. The molecule has 0 saturated heterocycles. The highest BCUT2D eigenvalue weighted by Crippen LogP contribution is 2.29. The van der Waals surface area contributed by atoms with Crippen LogP contribution in [0.5, 0.6) is 0 Å². The van der Waals surface area contributed by atoms with E-state index in [1.807, 2.05) is 54.6 Å². The maximum absolute atomic E-state index is 5.87. The lowest BCUT2D eigenvalue weighted by molar-refractivity contribution is 0.620.